The molecule has 0 aliphatic heterocycles. The Hall–Kier alpha value is -1.78. The van der Waals surface area contributed by atoms with Crippen LogP contribution in [0.25, 0.3) is 11.0 Å². The molecule has 0 spiro atoms. The summed E-state index contributed by atoms with van der Waals surface area (Å²) in [5, 5.41) is 6.08. The maximum absolute atomic E-state index is 6.41. The van der Waals surface area contributed by atoms with Crippen molar-refractivity contribution in [2.45, 2.75) is 33.4 Å². The first-order chi connectivity index (χ1) is 10.0. The lowest BCUT2D eigenvalue weighted by Crippen LogP contribution is -2.13. The van der Waals surface area contributed by atoms with Gasteiger partial charge in [-0.3, -0.25) is 4.68 Å². The number of aryl methyl sites for hydroxylation is 2. The summed E-state index contributed by atoms with van der Waals surface area (Å²) in [6, 6.07) is 7.30. The average molecular weight is 304 g/mol. The van der Waals surface area contributed by atoms with Gasteiger partial charge in [0, 0.05) is 23.2 Å². The van der Waals surface area contributed by atoms with Crippen molar-refractivity contribution in [1.29, 1.82) is 0 Å². The van der Waals surface area contributed by atoms with E-state index in [1.165, 1.54) is 0 Å². The van der Waals surface area contributed by atoms with Crippen LogP contribution in [-0.2, 0) is 6.54 Å². The van der Waals surface area contributed by atoms with Crippen LogP contribution in [0, 0.1) is 13.8 Å². The fourth-order valence-electron chi connectivity index (χ4n) is 2.81. The second kappa shape index (κ2) is 5.20. The molecule has 0 saturated carbocycles. The van der Waals surface area contributed by atoms with Gasteiger partial charge in [0.15, 0.2) is 5.58 Å². The van der Waals surface area contributed by atoms with Gasteiger partial charge in [0.1, 0.15) is 5.76 Å². The first-order valence-corrected chi connectivity index (χ1v) is 7.38. The van der Waals surface area contributed by atoms with Crippen molar-refractivity contribution in [2.75, 3.05) is 0 Å². The largest absolute Gasteiger partial charge is 0.457 e. The van der Waals surface area contributed by atoms with E-state index in [0.29, 0.717) is 16.4 Å². The summed E-state index contributed by atoms with van der Waals surface area (Å²) in [7, 11) is 0. The molecule has 3 aromatic rings. The predicted molar refractivity (Wildman–Crippen MR) is 84.6 cm³/mol. The smallest absolute Gasteiger partial charge is 0.152 e. The molecule has 0 amide bonds. The van der Waals surface area contributed by atoms with Crippen LogP contribution in [0.4, 0.5) is 0 Å². The van der Waals surface area contributed by atoms with Crippen LogP contribution in [0.15, 0.2) is 28.7 Å². The highest BCUT2D eigenvalue weighted by atomic mass is 35.5. The Labute approximate surface area is 128 Å². The standard InChI is InChI=1S/C16H18ClN3O/c1-4-20-10(3)14(9(2)19-20)15(18)13-8-11-6-5-7-12(17)16(11)21-13/h5-8,15H,4,18H2,1-3H3. The van der Waals surface area contributed by atoms with E-state index in [2.05, 4.69) is 12.0 Å². The van der Waals surface area contributed by atoms with Gasteiger partial charge in [0.2, 0.25) is 0 Å². The van der Waals surface area contributed by atoms with Crippen LogP contribution in [0.5, 0.6) is 0 Å². The number of fused-ring (bicyclic) bond motifs is 1. The third-order valence-electron chi connectivity index (χ3n) is 3.87. The lowest BCUT2D eigenvalue weighted by Gasteiger charge is -2.09. The monoisotopic (exact) mass is 303 g/mol. The molecule has 0 fully saturated rings. The zero-order valence-electron chi connectivity index (χ0n) is 12.4. The summed E-state index contributed by atoms with van der Waals surface area (Å²) in [4.78, 5) is 0. The Kier molecular flexibility index (Phi) is 3.51. The van der Waals surface area contributed by atoms with E-state index in [4.69, 9.17) is 21.8 Å². The van der Waals surface area contributed by atoms with Gasteiger partial charge in [0.05, 0.1) is 16.8 Å². The molecule has 110 valence electrons. The van der Waals surface area contributed by atoms with E-state index in [-0.39, 0.29) is 6.04 Å². The number of nitrogens with two attached hydrogens (primary N) is 1. The molecular formula is C16H18ClN3O. The van der Waals surface area contributed by atoms with Crippen molar-refractivity contribution in [3.63, 3.8) is 0 Å². The van der Waals surface area contributed by atoms with Crippen LogP contribution in [0.3, 0.4) is 0 Å². The fourth-order valence-corrected chi connectivity index (χ4v) is 3.03. The van der Waals surface area contributed by atoms with Gasteiger partial charge in [-0.2, -0.15) is 5.10 Å². The summed E-state index contributed by atoms with van der Waals surface area (Å²) in [6.45, 7) is 6.90. The number of halogens is 1. The molecule has 4 nitrogen and oxygen atoms in total. The van der Waals surface area contributed by atoms with E-state index in [9.17, 15) is 0 Å². The van der Waals surface area contributed by atoms with Gasteiger partial charge in [-0.1, -0.05) is 23.7 Å². The fraction of sp³-hybridized carbons (Fsp3) is 0.312. The molecule has 5 heteroatoms. The minimum absolute atomic E-state index is 0.339. The van der Waals surface area contributed by atoms with Crippen molar-refractivity contribution in [3.8, 4) is 0 Å². The topological polar surface area (TPSA) is 57.0 Å². The molecule has 2 N–H and O–H groups in total. The second-order valence-corrected chi connectivity index (χ2v) is 5.59. The van der Waals surface area contributed by atoms with E-state index in [0.717, 1.165) is 28.9 Å². The van der Waals surface area contributed by atoms with Gasteiger partial charge >= 0.3 is 0 Å². The summed E-state index contributed by atoms with van der Waals surface area (Å²) in [5.41, 5.74) is 10.1. The summed E-state index contributed by atoms with van der Waals surface area (Å²) >= 11 is 6.16. The van der Waals surface area contributed by atoms with Gasteiger partial charge < -0.3 is 10.2 Å². The highest BCUT2D eigenvalue weighted by molar-refractivity contribution is 6.34. The van der Waals surface area contributed by atoms with Crippen molar-refractivity contribution in [2.24, 2.45) is 5.73 Å². The third-order valence-corrected chi connectivity index (χ3v) is 4.17. The van der Waals surface area contributed by atoms with Crippen molar-refractivity contribution in [3.05, 3.63) is 52.0 Å². The number of benzene rings is 1. The molecule has 1 aromatic carbocycles. The SMILES string of the molecule is CCn1nc(C)c(C(N)c2cc3cccc(Cl)c3o2)c1C. The molecule has 0 aliphatic rings. The first kappa shape index (κ1) is 14.2. The van der Waals surface area contributed by atoms with E-state index >= 15 is 0 Å². The van der Waals surface area contributed by atoms with Gasteiger partial charge in [-0.25, -0.2) is 0 Å². The van der Waals surface area contributed by atoms with Crippen LogP contribution in [0.2, 0.25) is 5.02 Å². The molecule has 2 heterocycles. The molecule has 0 aliphatic carbocycles. The molecule has 1 atom stereocenters. The normalized spacial score (nSPS) is 13.0. The minimum atomic E-state index is -0.339. The highest BCUT2D eigenvalue weighted by Crippen LogP contribution is 2.32. The number of hydrogen-bond acceptors (Lipinski definition) is 3. The molecule has 2 aromatic heterocycles. The molecule has 0 radical (unpaired) electrons. The molecule has 21 heavy (non-hydrogen) atoms. The first-order valence-electron chi connectivity index (χ1n) is 7.00. The van der Waals surface area contributed by atoms with E-state index in [1.807, 2.05) is 42.8 Å². The molecule has 3 rings (SSSR count). The summed E-state index contributed by atoms with van der Waals surface area (Å²) < 4.78 is 7.83. The van der Waals surface area contributed by atoms with Crippen LogP contribution >= 0.6 is 11.6 Å². The Morgan fingerprint density at radius 2 is 2.14 bits per heavy atom. The zero-order chi connectivity index (χ0) is 15.1. The number of furan rings is 1. The van der Waals surface area contributed by atoms with Crippen LogP contribution in [0.1, 0.15) is 35.7 Å². The maximum atomic E-state index is 6.41. The predicted octanol–water partition coefficient (Wildman–Crippen LogP) is 3.97. The lowest BCUT2D eigenvalue weighted by molar-refractivity contribution is 0.523. The van der Waals surface area contributed by atoms with Crippen LogP contribution < -0.4 is 5.73 Å². The number of nitrogens with zero attached hydrogens (tertiary/aromatic N) is 2. The number of rotatable bonds is 3. The van der Waals surface area contributed by atoms with Gasteiger partial charge in [-0.15, -0.1) is 0 Å². The molecule has 1 unspecified atom stereocenters. The molecule has 0 bridgehead atoms. The number of aromatic nitrogens is 2. The van der Waals surface area contributed by atoms with E-state index < -0.39 is 0 Å². The Balaban J connectivity index is 2.10. The van der Waals surface area contributed by atoms with Crippen molar-refractivity contribution < 1.29 is 4.42 Å². The average Bonchev–Trinajstić information content (AvgIpc) is 3.01. The highest BCUT2D eigenvalue weighted by Gasteiger charge is 2.22. The van der Waals surface area contributed by atoms with Crippen LogP contribution in [-0.4, -0.2) is 9.78 Å². The van der Waals surface area contributed by atoms with Gasteiger partial charge in [0.25, 0.3) is 0 Å². The van der Waals surface area contributed by atoms with E-state index in [1.54, 1.807) is 0 Å². The molecular weight excluding hydrogens is 286 g/mol. The maximum Gasteiger partial charge on any atom is 0.152 e. The lowest BCUT2D eigenvalue weighted by atomic mass is 10.0. The van der Waals surface area contributed by atoms with Gasteiger partial charge in [-0.05, 0) is 32.9 Å². The Morgan fingerprint density at radius 3 is 2.76 bits per heavy atom. The summed E-state index contributed by atoms with van der Waals surface area (Å²) in [6.07, 6.45) is 0. The van der Waals surface area contributed by atoms with Crippen molar-refractivity contribution >= 4 is 22.6 Å². The zero-order valence-corrected chi connectivity index (χ0v) is 13.1. The Bertz CT molecular complexity index is 803. The minimum Gasteiger partial charge on any atom is -0.457 e. The molecule has 0 saturated heterocycles. The number of para-hydroxylation sites is 1. The Morgan fingerprint density at radius 1 is 1.38 bits per heavy atom. The van der Waals surface area contributed by atoms with Crippen molar-refractivity contribution in [1.82, 2.24) is 9.78 Å². The summed E-state index contributed by atoms with van der Waals surface area (Å²) in [5.74, 6) is 0.708. The number of hydrogen-bond donors (Lipinski definition) is 1. The third kappa shape index (κ3) is 2.24. The quantitative estimate of drug-likeness (QED) is 0.796. The second-order valence-electron chi connectivity index (χ2n) is 5.18.